The van der Waals surface area contributed by atoms with Crippen molar-refractivity contribution in [2.75, 3.05) is 11.4 Å². The summed E-state index contributed by atoms with van der Waals surface area (Å²) in [6, 6.07) is 13.8. The predicted octanol–water partition coefficient (Wildman–Crippen LogP) is 1.24. The Balaban J connectivity index is 1.55. The zero-order valence-corrected chi connectivity index (χ0v) is 15.2. The van der Waals surface area contributed by atoms with Gasteiger partial charge in [0.1, 0.15) is 23.7 Å². The van der Waals surface area contributed by atoms with Crippen LogP contribution in [0.4, 0.5) is 10.1 Å². The van der Waals surface area contributed by atoms with Gasteiger partial charge in [-0.15, -0.1) is 0 Å². The first kappa shape index (κ1) is 17.3. The summed E-state index contributed by atoms with van der Waals surface area (Å²) in [5, 5.41) is 0. The van der Waals surface area contributed by atoms with Crippen molar-refractivity contribution < 1.29 is 23.7 Å². The van der Waals surface area contributed by atoms with E-state index < -0.39 is 23.7 Å². The Morgan fingerprint density at radius 1 is 0.964 bits per heavy atom. The Morgan fingerprint density at radius 3 is 2.36 bits per heavy atom. The van der Waals surface area contributed by atoms with Gasteiger partial charge < -0.3 is 4.90 Å². The number of quaternary nitrogens is 1. The van der Waals surface area contributed by atoms with Crippen molar-refractivity contribution in [1.29, 1.82) is 0 Å². The van der Waals surface area contributed by atoms with Crippen LogP contribution in [0.3, 0.4) is 0 Å². The quantitative estimate of drug-likeness (QED) is 0.645. The molecule has 3 fully saturated rings. The summed E-state index contributed by atoms with van der Waals surface area (Å²) in [5.74, 6) is -2.21. The number of nitrogens with one attached hydrogen (secondary N) is 1. The van der Waals surface area contributed by atoms with Crippen molar-refractivity contribution in [3.8, 4) is 0 Å². The van der Waals surface area contributed by atoms with Gasteiger partial charge in [-0.3, -0.25) is 14.4 Å². The van der Waals surface area contributed by atoms with Crippen molar-refractivity contribution in [1.82, 2.24) is 0 Å². The number of benzene rings is 2. The van der Waals surface area contributed by atoms with Crippen molar-refractivity contribution in [2.24, 2.45) is 11.8 Å². The zero-order valence-electron chi connectivity index (χ0n) is 15.2. The summed E-state index contributed by atoms with van der Waals surface area (Å²) in [6.45, 7) is 0.804. The van der Waals surface area contributed by atoms with Gasteiger partial charge in [0.05, 0.1) is 12.2 Å². The van der Waals surface area contributed by atoms with E-state index in [0.29, 0.717) is 11.3 Å². The summed E-state index contributed by atoms with van der Waals surface area (Å²) in [7, 11) is 0. The molecule has 3 saturated heterocycles. The van der Waals surface area contributed by atoms with Crippen LogP contribution >= 0.6 is 0 Å². The number of anilines is 1. The number of carbonyl (C=O) groups is 3. The van der Waals surface area contributed by atoms with Gasteiger partial charge >= 0.3 is 0 Å². The van der Waals surface area contributed by atoms with E-state index in [1.165, 1.54) is 24.3 Å². The number of carbonyl (C=O) groups excluding carboxylic acids is 3. The molecule has 2 aromatic carbocycles. The minimum atomic E-state index is -0.648. The van der Waals surface area contributed by atoms with Crippen LogP contribution in [0, 0.1) is 17.7 Å². The normalized spacial score (nSPS) is 31.2. The van der Waals surface area contributed by atoms with E-state index >= 15 is 0 Å². The van der Waals surface area contributed by atoms with Crippen molar-refractivity contribution >= 4 is 23.3 Å². The highest BCUT2D eigenvalue weighted by Crippen LogP contribution is 2.40. The minimum absolute atomic E-state index is 0.00967. The number of halogens is 1. The fraction of sp³-hybridized carbons (Fsp3) is 0.318. The second kappa shape index (κ2) is 6.34. The van der Waals surface area contributed by atoms with E-state index in [1.807, 2.05) is 18.2 Å². The number of amides is 2. The first-order chi connectivity index (χ1) is 13.6. The van der Waals surface area contributed by atoms with Gasteiger partial charge in [-0.2, -0.15) is 0 Å². The molecule has 6 heteroatoms. The lowest BCUT2D eigenvalue weighted by Crippen LogP contribution is -3.16. The lowest BCUT2D eigenvalue weighted by Gasteiger charge is -2.25. The highest BCUT2D eigenvalue weighted by molar-refractivity contribution is 6.24. The Hall–Kier alpha value is -2.86. The molecule has 3 aliphatic rings. The van der Waals surface area contributed by atoms with Crippen molar-refractivity contribution in [2.45, 2.75) is 24.9 Å². The largest absolute Gasteiger partial charge is 0.322 e. The molecular weight excluding hydrogens is 359 g/mol. The Bertz CT molecular complexity index is 960. The Morgan fingerprint density at radius 2 is 1.64 bits per heavy atom. The third-order valence-corrected chi connectivity index (χ3v) is 6.47. The second-order valence-electron chi connectivity index (χ2n) is 7.82. The molecule has 1 unspecified atom stereocenters. The van der Waals surface area contributed by atoms with Gasteiger partial charge in [0.15, 0.2) is 6.04 Å². The fourth-order valence-corrected chi connectivity index (χ4v) is 5.37. The number of imide groups is 1. The average molecular weight is 379 g/mol. The number of hydrogen-bond acceptors (Lipinski definition) is 3. The molecule has 28 heavy (non-hydrogen) atoms. The number of fused-ring (bicyclic) bond motifs is 3. The van der Waals surface area contributed by atoms with E-state index in [4.69, 9.17) is 0 Å². The number of nitrogens with zero attached hydrogens (tertiary/aromatic N) is 1. The summed E-state index contributed by atoms with van der Waals surface area (Å²) in [4.78, 5) is 42.1. The fourth-order valence-electron chi connectivity index (χ4n) is 5.37. The van der Waals surface area contributed by atoms with Crippen LogP contribution in [0.1, 0.15) is 23.2 Å². The second-order valence-corrected chi connectivity index (χ2v) is 7.82. The highest BCUT2D eigenvalue weighted by atomic mass is 19.1. The topological polar surface area (TPSA) is 58.9 Å². The standard InChI is InChI=1S/C22H19FN2O3/c23-14-8-10-15(11-9-14)25-21(27)17-16-7-4-12-24(16)19(18(17)22(25)28)20(26)13-5-2-1-3-6-13/h1-3,5-6,8-11,16-19H,4,7,12H2/p+1/t16-,17+,18+,19-/m0/s1. The molecule has 0 saturated carbocycles. The molecule has 0 bridgehead atoms. The third-order valence-electron chi connectivity index (χ3n) is 6.47. The van der Waals surface area contributed by atoms with Crippen LogP contribution in [0.2, 0.25) is 0 Å². The third kappa shape index (κ3) is 2.37. The lowest BCUT2D eigenvalue weighted by molar-refractivity contribution is -0.915. The van der Waals surface area contributed by atoms with E-state index in [9.17, 15) is 18.8 Å². The predicted molar refractivity (Wildman–Crippen MR) is 99.3 cm³/mol. The number of rotatable bonds is 3. The minimum Gasteiger partial charge on any atom is -0.322 e. The van der Waals surface area contributed by atoms with Crippen LogP contribution in [0.5, 0.6) is 0 Å². The maximum atomic E-state index is 13.3. The summed E-state index contributed by atoms with van der Waals surface area (Å²) in [5.41, 5.74) is 0.947. The van der Waals surface area contributed by atoms with Gasteiger partial charge in [0.2, 0.25) is 17.6 Å². The molecule has 142 valence electrons. The molecule has 0 aliphatic carbocycles. The molecule has 5 nitrogen and oxygen atoms in total. The van der Waals surface area contributed by atoms with Crippen LogP contribution in [0.15, 0.2) is 54.6 Å². The monoisotopic (exact) mass is 379 g/mol. The van der Waals surface area contributed by atoms with Crippen LogP contribution < -0.4 is 9.80 Å². The smallest absolute Gasteiger partial charge is 0.244 e. The first-order valence-corrected chi connectivity index (χ1v) is 9.66. The first-order valence-electron chi connectivity index (χ1n) is 9.66. The molecular formula is C22H20FN2O3+. The molecule has 2 aromatic rings. The molecule has 0 spiro atoms. The molecule has 5 atom stereocenters. The van der Waals surface area contributed by atoms with Gasteiger partial charge in [-0.05, 0) is 24.3 Å². The van der Waals surface area contributed by atoms with Crippen LogP contribution in [0.25, 0.3) is 0 Å². The molecule has 3 aliphatic heterocycles. The molecule has 5 rings (SSSR count). The van der Waals surface area contributed by atoms with Gasteiger partial charge in [0.25, 0.3) is 0 Å². The number of Topliss-reactive ketones (excluding diaryl/α,β-unsaturated/α-hetero) is 1. The van der Waals surface area contributed by atoms with Crippen molar-refractivity contribution in [3.63, 3.8) is 0 Å². The Labute approximate surface area is 161 Å². The average Bonchev–Trinajstić information content (AvgIpc) is 3.35. The molecule has 1 N–H and O–H groups in total. The van der Waals surface area contributed by atoms with E-state index in [2.05, 4.69) is 0 Å². The summed E-state index contributed by atoms with van der Waals surface area (Å²) in [6.07, 6.45) is 1.78. The molecule has 0 aromatic heterocycles. The van der Waals surface area contributed by atoms with E-state index in [-0.39, 0.29) is 23.6 Å². The molecule has 3 heterocycles. The van der Waals surface area contributed by atoms with E-state index in [0.717, 1.165) is 29.2 Å². The van der Waals surface area contributed by atoms with Crippen molar-refractivity contribution in [3.05, 3.63) is 66.0 Å². The Kier molecular flexibility index (Phi) is 3.91. The summed E-state index contributed by atoms with van der Waals surface area (Å²) < 4.78 is 13.3. The van der Waals surface area contributed by atoms with Gasteiger partial charge in [0, 0.05) is 18.4 Å². The van der Waals surface area contributed by atoms with Crippen LogP contribution in [-0.2, 0) is 9.59 Å². The molecule has 2 amide bonds. The number of ketones is 1. The van der Waals surface area contributed by atoms with Crippen LogP contribution in [-0.4, -0.2) is 36.2 Å². The van der Waals surface area contributed by atoms with Gasteiger partial charge in [-0.1, -0.05) is 30.3 Å². The SMILES string of the molecule is O=C(c1ccccc1)[C@@H]1[C@@H]2C(=O)N(c3ccc(F)cc3)C(=O)[C@@H]2[C@@H]2CCC[NH+]12. The molecule has 0 radical (unpaired) electrons. The van der Waals surface area contributed by atoms with E-state index in [1.54, 1.807) is 12.1 Å². The lowest BCUT2D eigenvalue weighted by atomic mass is 9.85. The maximum absolute atomic E-state index is 13.3. The highest BCUT2D eigenvalue weighted by Gasteiger charge is 2.68. The number of hydrogen-bond donors (Lipinski definition) is 1. The zero-order chi connectivity index (χ0) is 19.4. The van der Waals surface area contributed by atoms with Gasteiger partial charge in [-0.25, -0.2) is 9.29 Å². The maximum Gasteiger partial charge on any atom is 0.244 e. The summed E-state index contributed by atoms with van der Waals surface area (Å²) >= 11 is 0.